The van der Waals surface area contributed by atoms with E-state index in [1.807, 2.05) is 0 Å². The Hall–Kier alpha value is -3.26. The van der Waals surface area contributed by atoms with Crippen LogP contribution in [0.25, 0.3) is 0 Å². The van der Waals surface area contributed by atoms with Crippen molar-refractivity contribution >= 4 is 23.3 Å². The van der Waals surface area contributed by atoms with Gasteiger partial charge in [-0.2, -0.15) is 5.06 Å². The van der Waals surface area contributed by atoms with Gasteiger partial charge in [-0.1, -0.05) is 18.2 Å². The molecule has 0 N–H and O–H groups in total. The highest BCUT2D eigenvalue weighted by Gasteiger charge is 2.36. The van der Waals surface area contributed by atoms with E-state index in [1.165, 1.54) is 25.3 Å². The van der Waals surface area contributed by atoms with Gasteiger partial charge >= 0.3 is 5.97 Å². The predicted molar refractivity (Wildman–Crippen MR) is 86.8 cm³/mol. The predicted octanol–water partition coefficient (Wildman–Crippen LogP) is 2.79. The lowest BCUT2D eigenvalue weighted by molar-refractivity contribution is -0.384. The molecule has 1 unspecified atom stereocenters. The maximum Gasteiger partial charge on any atom is 0.308 e. The molecule has 0 bridgehead atoms. The number of para-hydroxylation sites is 1. The SMILES string of the molecule is COC(=O)CC1ON(c2ccccc2)C(=O)c2cc([N+](=O)[O-])ccc21. The number of nitro benzene ring substituents is 1. The van der Waals surface area contributed by atoms with Gasteiger partial charge < -0.3 is 4.74 Å². The second kappa shape index (κ2) is 6.70. The van der Waals surface area contributed by atoms with Gasteiger partial charge in [0.1, 0.15) is 6.10 Å². The Morgan fingerprint density at radius 1 is 1.28 bits per heavy atom. The standard InChI is InChI=1S/C17H14N2O6/c1-24-16(20)10-15-13-8-7-12(19(22)23)9-14(13)17(21)18(25-15)11-5-3-2-4-6-11/h2-9,15H,10H2,1H3. The van der Waals surface area contributed by atoms with Crippen molar-refractivity contribution in [1.82, 2.24) is 0 Å². The second-order valence-corrected chi connectivity index (χ2v) is 5.34. The number of amides is 1. The third-order valence-corrected chi connectivity index (χ3v) is 3.81. The van der Waals surface area contributed by atoms with E-state index in [1.54, 1.807) is 30.3 Å². The first-order chi connectivity index (χ1) is 12.0. The van der Waals surface area contributed by atoms with Crippen molar-refractivity contribution in [3.8, 4) is 0 Å². The summed E-state index contributed by atoms with van der Waals surface area (Å²) in [7, 11) is 1.25. The lowest BCUT2D eigenvalue weighted by atomic mass is 9.97. The number of benzene rings is 2. The van der Waals surface area contributed by atoms with E-state index in [2.05, 4.69) is 4.74 Å². The largest absolute Gasteiger partial charge is 0.469 e. The lowest BCUT2D eigenvalue weighted by Crippen LogP contribution is -2.38. The minimum absolute atomic E-state index is 0.123. The summed E-state index contributed by atoms with van der Waals surface area (Å²) in [5.74, 6) is -1.05. The number of nitrogens with zero attached hydrogens (tertiary/aromatic N) is 2. The molecule has 0 radical (unpaired) electrons. The van der Waals surface area contributed by atoms with Crippen molar-refractivity contribution in [2.75, 3.05) is 12.2 Å². The number of methoxy groups -OCH3 is 1. The fourth-order valence-corrected chi connectivity index (χ4v) is 2.59. The van der Waals surface area contributed by atoms with Crippen LogP contribution in [0.2, 0.25) is 0 Å². The second-order valence-electron chi connectivity index (χ2n) is 5.34. The van der Waals surface area contributed by atoms with Crippen LogP contribution in [0.1, 0.15) is 28.4 Å². The fourth-order valence-electron chi connectivity index (χ4n) is 2.59. The van der Waals surface area contributed by atoms with E-state index >= 15 is 0 Å². The number of rotatable bonds is 4. The molecule has 0 fully saturated rings. The van der Waals surface area contributed by atoms with E-state index in [0.29, 0.717) is 11.3 Å². The van der Waals surface area contributed by atoms with E-state index in [9.17, 15) is 19.7 Å². The van der Waals surface area contributed by atoms with Crippen LogP contribution in [0.5, 0.6) is 0 Å². The summed E-state index contributed by atoms with van der Waals surface area (Å²) >= 11 is 0. The molecule has 8 heteroatoms. The lowest BCUT2D eigenvalue weighted by Gasteiger charge is -2.33. The zero-order chi connectivity index (χ0) is 18.0. The number of carbonyl (C=O) groups is 2. The number of non-ortho nitro benzene ring substituents is 1. The van der Waals surface area contributed by atoms with E-state index in [0.717, 1.165) is 5.06 Å². The zero-order valence-electron chi connectivity index (χ0n) is 13.2. The molecule has 1 atom stereocenters. The molecule has 0 aliphatic carbocycles. The van der Waals surface area contributed by atoms with Crippen LogP contribution in [-0.4, -0.2) is 23.9 Å². The highest BCUT2D eigenvalue weighted by Crippen LogP contribution is 2.36. The van der Waals surface area contributed by atoms with E-state index < -0.39 is 22.9 Å². The van der Waals surface area contributed by atoms with Gasteiger partial charge in [0, 0.05) is 12.1 Å². The highest BCUT2D eigenvalue weighted by molar-refractivity contribution is 6.07. The van der Waals surface area contributed by atoms with Crippen LogP contribution < -0.4 is 5.06 Å². The number of carbonyl (C=O) groups excluding carboxylic acids is 2. The number of hydroxylamine groups is 1. The number of esters is 1. The molecule has 128 valence electrons. The van der Waals surface area contributed by atoms with Crippen LogP contribution in [0, 0.1) is 10.1 Å². The van der Waals surface area contributed by atoms with Crippen LogP contribution in [0.4, 0.5) is 11.4 Å². The number of hydrogen-bond acceptors (Lipinski definition) is 6. The molecule has 0 aromatic heterocycles. The van der Waals surface area contributed by atoms with Crippen molar-refractivity contribution in [1.29, 1.82) is 0 Å². The quantitative estimate of drug-likeness (QED) is 0.481. The first-order valence-corrected chi connectivity index (χ1v) is 7.42. The Kier molecular flexibility index (Phi) is 4.44. The maximum atomic E-state index is 12.8. The van der Waals surface area contributed by atoms with Crippen molar-refractivity contribution in [2.24, 2.45) is 0 Å². The van der Waals surface area contributed by atoms with Gasteiger partial charge in [0.15, 0.2) is 0 Å². The van der Waals surface area contributed by atoms with Gasteiger partial charge in [0.2, 0.25) is 0 Å². The molecule has 3 rings (SSSR count). The summed E-state index contributed by atoms with van der Waals surface area (Å²) in [5, 5.41) is 12.1. The fraction of sp³-hybridized carbons (Fsp3) is 0.176. The first-order valence-electron chi connectivity index (χ1n) is 7.42. The van der Waals surface area contributed by atoms with Gasteiger partial charge in [-0.25, -0.2) is 0 Å². The summed E-state index contributed by atoms with van der Waals surface area (Å²) in [6.07, 6.45) is -0.918. The maximum absolute atomic E-state index is 12.8. The number of fused-ring (bicyclic) bond motifs is 1. The van der Waals surface area contributed by atoms with Crippen molar-refractivity contribution < 1.29 is 24.1 Å². The molecular weight excluding hydrogens is 328 g/mol. The Morgan fingerprint density at radius 2 is 2.00 bits per heavy atom. The summed E-state index contributed by atoms with van der Waals surface area (Å²) in [6, 6.07) is 12.5. The van der Waals surface area contributed by atoms with Crippen LogP contribution >= 0.6 is 0 Å². The molecule has 2 aromatic rings. The molecule has 0 spiro atoms. The molecule has 8 nitrogen and oxygen atoms in total. The monoisotopic (exact) mass is 342 g/mol. The van der Waals surface area contributed by atoms with Gasteiger partial charge in [-0.05, 0) is 23.8 Å². The van der Waals surface area contributed by atoms with E-state index in [4.69, 9.17) is 4.84 Å². The number of nitro groups is 1. The zero-order valence-corrected chi connectivity index (χ0v) is 13.2. The van der Waals surface area contributed by atoms with Gasteiger partial charge in [0.05, 0.1) is 29.7 Å². The van der Waals surface area contributed by atoms with Crippen LogP contribution in [0.15, 0.2) is 48.5 Å². The minimum Gasteiger partial charge on any atom is -0.469 e. The van der Waals surface area contributed by atoms with Crippen molar-refractivity contribution in [2.45, 2.75) is 12.5 Å². The summed E-state index contributed by atoms with van der Waals surface area (Å²) in [5.41, 5.74) is 0.782. The summed E-state index contributed by atoms with van der Waals surface area (Å²) in [4.78, 5) is 40.6. The highest BCUT2D eigenvalue weighted by atomic mass is 16.7. The molecule has 1 aliphatic heterocycles. The van der Waals surface area contributed by atoms with Crippen molar-refractivity contribution in [3.05, 3.63) is 69.8 Å². The van der Waals surface area contributed by atoms with E-state index in [-0.39, 0.29) is 17.7 Å². The molecule has 1 heterocycles. The third kappa shape index (κ3) is 3.20. The molecule has 0 saturated carbocycles. The van der Waals surface area contributed by atoms with Gasteiger partial charge in [0.25, 0.3) is 11.6 Å². The number of anilines is 1. The number of ether oxygens (including phenoxy) is 1. The molecule has 25 heavy (non-hydrogen) atoms. The third-order valence-electron chi connectivity index (χ3n) is 3.81. The summed E-state index contributed by atoms with van der Waals surface area (Å²) in [6.45, 7) is 0. The van der Waals surface area contributed by atoms with Crippen molar-refractivity contribution in [3.63, 3.8) is 0 Å². The Bertz CT molecular complexity index is 836. The first kappa shape index (κ1) is 16.6. The smallest absolute Gasteiger partial charge is 0.308 e. The normalized spacial score (nSPS) is 16.3. The van der Waals surface area contributed by atoms with Gasteiger partial charge in [-0.15, -0.1) is 0 Å². The Morgan fingerprint density at radius 3 is 2.64 bits per heavy atom. The van der Waals surface area contributed by atoms with Crippen LogP contribution in [-0.2, 0) is 14.4 Å². The Balaban J connectivity index is 2.07. The van der Waals surface area contributed by atoms with Gasteiger partial charge in [-0.3, -0.25) is 24.5 Å². The average Bonchev–Trinajstić information content (AvgIpc) is 2.64. The molecular formula is C17H14N2O6. The molecule has 0 saturated heterocycles. The molecule has 1 aliphatic rings. The van der Waals surface area contributed by atoms with Crippen LogP contribution in [0.3, 0.4) is 0 Å². The average molecular weight is 342 g/mol. The topological polar surface area (TPSA) is 99.0 Å². The number of hydrogen-bond donors (Lipinski definition) is 0. The molecule has 2 aromatic carbocycles. The molecule has 1 amide bonds. The Labute approximate surface area is 142 Å². The summed E-state index contributed by atoms with van der Waals surface area (Å²) < 4.78 is 4.67. The minimum atomic E-state index is -0.791.